The van der Waals surface area contributed by atoms with Crippen molar-refractivity contribution < 1.29 is 4.79 Å². The Morgan fingerprint density at radius 1 is 1.27 bits per heavy atom. The summed E-state index contributed by atoms with van der Waals surface area (Å²) in [7, 11) is 0. The molecule has 7 heteroatoms. The van der Waals surface area contributed by atoms with E-state index in [1.165, 1.54) is 0 Å². The van der Waals surface area contributed by atoms with Gasteiger partial charge < -0.3 is 16.0 Å². The Hall–Kier alpha value is -2.24. The molecule has 136 valence electrons. The molecule has 1 aromatic carbocycles. The molecule has 0 fully saturated rings. The van der Waals surface area contributed by atoms with Crippen LogP contribution in [0.15, 0.2) is 47.8 Å². The number of hydrogen-bond donors (Lipinski definition) is 2. The van der Waals surface area contributed by atoms with E-state index < -0.39 is 0 Å². The first-order valence-electron chi connectivity index (χ1n) is 8.32. The molecule has 1 aliphatic heterocycles. The van der Waals surface area contributed by atoms with Crippen molar-refractivity contribution in [2.24, 2.45) is 5.73 Å². The molecule has 1 atom stereocenters. The number of aryl methyl sites for hydroxylation is 1. The van der Waals surface area contributed by atoms with Gasteiger partial charge in [0.2, 0.25) is 0 Å². The van der Waals surface area contributed by atoms with Crippen LogP contribution < -0.4 is 11.1 Å². The van der Waals surface area contributed by atoms with Crippen LogP contribution in [0.3, 0.4) is 0 Å². The molecule has 0 bridgehead atoms. The first kappa shape index (κ1) is 18.5. The molecule has 1 amide bonds. The lowest BCUT2D eigenvalue weighted by atomic mass is 10.0. The Morgan fingerprint density at radius 2 is 2.00 bits per heavy atom. The Balaban J connectivity index is 1.82. The topological polar surface area (TPSA) is 71.2 Å². The van der Waals surface area contributed by atoms with Crippen LogP contribution in [0, 0.1) is 6.92 Å². The van der Waals surface area contributed by atoms with E-state index in [0.29, 0.717) is 29.2 Å². The number of aromatic nitrogens is 1. The molecule has 0 spiro atoms. The Labute approximate surface area is 162 Å². The summed E-state index contributed by atoms with van der Waals surface area (Å²) in [5.74, 6) is 0.563. The fourth-order valence-electron chi connectivity index (χ4n) is 2.99. The highest BCUT2D eigenvalue weighted by atomic mass is 35.5. The molecule has 3 rings (SSSR count). The number of nitrogens with zero attached hydrogens (tertiary/aromatic N) is 2. The standard InChI is InChI=1S/C19H20Cl2N4O/c1-11-5-3-8-16(23-11)24-15-9-10-25(12(2)18(15)22)19(26)13-6-4-7-14(20)17(13)21/h3-8,12H,9-10,22H2,1-2H3,(H,23,24). The number of benzene rings is 1. The molecular weight excluding hydrogens is 371 g/mol. The predicted octanol–water partition coefficient (Wildman–Crippen LogP) is 4.21. The minimum Gasteiger partial charge on any atom is -0.399 e. The van der Waals surface area contributed by atoms with E-state index in [-0.39, 0.29) is 17.0 Å². The van der Waals surface area contributed by atoms with Gasteiger partial charge in [-0.3, -0.25) is 4.79 Å². The first-order valence-corrected chi connectivity index (χ1v) is 9.08. The smallest absolute Gasteiger partial charge is 0.255 e. The minimum absolute atomic E-state index is 0.180. The third-order valence-electron chi connectivity index (χ3n) is 4.48. The van der Waals surface area contributed by atoms with Crippen LogP contribution in [0.4, 0.5) is 5.82 Å². The quantitative estimate of drug-likeness (QED) is 0.822. The highest BCUT2D eigenvalue weighted by Crippen LogP contribution is 2.29. The number of carbonyl (C=O) groups excluding carboxylic acids is 1. The zero-order valence-corrected chi connectivity index (χ0v) is 16.1. The van der Waals surface area contributed by atoms with E-state index in [2.05, 4.69) is 10.3 Å². The summed E-state index contributed by atoms with van der Waals surface area (Å²) < 4.78 is 0. The van der Waals surface area contributed by atoms with Gasteiger partial charge in [0.15, 0.2) is 0 Å². The molecule has 1 unspecified atom stereocenters. The number of rotatable bonds is 3. The van der Waals surface area contributed by atoms with Gasteiger partial charge in [-0.1, -0.05) is 35.3 Å². The average molecular weight is 391 g/mol. The van der Waals surface area contributed by atoms with Crippen LogP contribution in [0.1, 0.15) is 29.4 Å². The first-order chi connectivity index (χ1) is 12.4. The zero-order valence-electron chi connectivity index (χ0n) is 14.6. The summed E-state index contributed by atoms with van der Waals surface area (Å²) >= 11 is 12.2. The van der Waals surface area contributed by atoms with Gasteiger partial charge in [0.1, 0.15) is 5.82 Å². The molecule has 2 aromatic rings. The van der Waals surface area contributed by atoms with E-state index in [4.69, 9.17) is 28.9 Å². The Kier molecular flexibility index (Phi) is 5.39. The van der Waals surface area contributed by atoms with Crippen LogP contribution >= 0.6 is 23.2 Å². The van der Waals surface area contributed by atoms with Crippen molar-refractivity contribution in [3.63, 3.8) is 0 Å². The molecular formula is C19H20Cl2N4O. The van der Waals surface area contributed by atoms with E-state index >= 15 is 0 Å². The summed E-state index contributed by atoms with van der Waals surface area (Å²) in [6.45, 7) is 4.36. The third kappa shape index (κ3) is 3.64. The lowest BCUT2D eigenvalue weighted by Crippen LogP contribution is -2.46. The molecule has 5 nitrogen and oxygen atoms in total. The molecule has 3 N–H and O–H groups in total. The number of anilines is 1. The minimum atomic E-state index is -0.265. The van der Waals surface area contributed by atoms with E-state index in [1.54, 1.807) is 23.1 Å². The number of nitrogens with two attached hydrogens (primary N) is 1. The normalized spacial score (nSPS) is 17.4. The van der Waals surface area contributed by atoms with Gasteiger partial charge in [-0.15, -0.1) is 0 Å². The van der Waals surface area contributed by atoms with Crippen LogP contribution in [-0.2, 0) is 0 Å². The highest BCUT2D eigenvalue weighted by Gasteiger charge is 2.30. The van der Waals surface area contributed by atoms with Crippen LogP contribution in [-0.4, -0.2) is 28.4 Å². The number of nitrogens with one attached hydrogen (secondary N) is 1. The number of hydrogen-bond acceptors (Lipinski definition) is 4. The maximum Gasteiger partial charge on any atom is 0.255 e. The van der Waals surface area contributed by atoms with E-state index in [1.807, 2.05) is 32.0 Å². The van der Waals surface area contributed by atoms with Crippen molar-refractivity contribution in [2.45, 2.75) is 26.3 Å². The second-order valence-electron chi connectivity index (χ2n) is 6.25. The summed E-state index contributed by atoms with van der Waals surface area (Å²) in [4.78, 5) is 19.1. The molecule has 1 aliphatic rings. The van der Waals surface area contributed by atoms with Crippen molar-refractivity contribution in [1.29, 1.82) is 0 Å². The Bertz CT molecular complexity index is 882. The maximum atomic E-state index is 12.9. The van der Waals surface area contributed by atoms with E-state index in [9.17, 15) is 4.79 Å². The van der Waals surface area contributed by atoms with E-state index in [0.717, 1.165) is 17.2 Å². The predicted molar refractivity (Wildman–Crippen MR) is 105 cm³/mol. The molecule has 26 heavy (non-hydrogen) atoms. The molecule has 0 saturated heterocycles. The fourth-order valence-corrected chi connectivity index (χ4v) is 3.37. The van der Waals surface area contributed by atoms with Crippen molar-refractivity contribution in [3.8, 4) is 0 Å². The van der Waals surface area contributed by atoms with Gasteiger partial charge in [0.25, 0.3) is 5.91 Å². The summed E-state index contributed by atoms with van der Waals surface area (Å²) in [6.07, 6.45) is 0.607. The van der Waals surface area contributed by atoms with Gasteiger partial charge >= 0.3 is 0 Å². The molecule has 0 radical (unpaired) electrons. The third-order valence-corrected chi connectivity index (χ3v) is 5.30. The monoisotopic (exact) mass is 390 g/mol. The fraction of sp³-hybridized carbons (Fsp3) is 0.263. The van der Waals surface area contributed by atoms with Crippen molar-refractivity contribution in [2.75, 3.05) is 11.9 Å². The second kappa shape index (κ2) is 7.56. The molecule has 2 heterocycles. The van der Waals surface area contributed by atoms with Gasteiger partial charge in [0.05, 0.1) is 27.3 Å². The SMILES string of the molecule is Cc1cccc(NC2=C(N)C(C)N(C(=O)c3cccc(Cl)c3Cl)CC2)n1. The van der Waals surface area contributed by atoms with Crippen LogP contribution in [0.5, 0.6) is 0 Å². The number of pyridine rings is 1. The number of halogens is 2. The number of carbonyl (C=O) groups is 1. The van der Waals surface area contributed by atoms with Crippen LogP contribution in [0.2, 0.25) is 10.0 Å². The largest absolute Gasteiger partial charge is 0.399 e. The van der Waals surface area contributed by atoms with Crippen molar-refractivity contribution >= 4 is 34.9 Å². The number of amides is 1. The second-order valence-corrected chi connectivity index (χ2v) is 7.03. The van der Waals surface area contributed by atoms with Gasteiger partial charge in [-0.05, 0) is 38.1 Å². The summed E-state index contributed by atoms with van der Waals surface area (Å²) in [6, 6.07) is 10.5. The lowest BCUT2D eigenvalue weighted by Gasteiger charge is -2.35. The highest BCUT2D eigenvalue weighted by molar-refractivity contribution is 6.43. The van der Waals surface area contributed by atoms with Gasteiger partial charge in [-0.25, -0.2) is 4.98 Å². The lowest BCUT2D eigenvalue weighted by molar-refractivity contribution is 0.0705. The average Bonchev–Trinajstić information content (AvgIpc) is 2.61. The van der Waals surface area contributed by atoms with Gasteiger partial charge in [0, 0.05) is 24.4 Å². The molecule has 0 aliphatic carbocycles. The van der Waals surface area contributed by atoms with Crippen molar-refractivity contribution in [1.82, 2.24) is 9.88 Å². The molecule has 1 aromatic heterocycles. The maximum absolute atomic E-state index is 12.9. The Morgan fingerprint density at radius 3 is 2.73 bits per heavy atom. The summed E-state index contributed by atoms with van der Waals surface area (Å²) in [5.41, 5.74) is 9.13. The van der Waals surface area contributed by atoms with Crippen molar-refractivity contribution in [3.05, 3.63) is 69.1 Å². The van der Waals surface area contributed by atoms with Crippen LogP contribution in [0.25, 0.3) is 0 Å². The zero-order chi connectivity index (χ0) is 18.8. The summed E-state index contributed by atoms with van der Waals surface area (Å²) in [5, 5.41) is 3.91. The molecule has 0 saturated carbocycles. The van der Waals surface area contributed by atoms with Gasteiger partial charge in [-0.2, -0.15) is 0 Å².